The smallest absolute Gasteiger partial charge is 0.197 e. The number of ether oxygens (including phenoxy) is 1. The molecule has 3 aromatic carbocycles. The number of rotatable bonds is 6. The van der Waals surface area contributed by atoms with Gasteiger partial charge in [-0.2, -0.15) is 0 Å². The molecule has 4 aromatic rings. The van der Waals surface area contributed by atoms with Gasteiger partial charge in [0.2, 0.25) is 0 Å². The molecule has 0 spiro atoms. The third-order valence-electron chi connectivity index (χ3n) is 7.51. The number of aromatic amines is 1. The fourth-order valence-corrected chi connectivity index (χ4v) is 5.45. The van der Waals surface area contributed by atoms with E-state index in [0.717, 1.165) is 57.0 Å². The molecule has 0 bridgehead atoms. The fourth-order valence-electron chi connectivity index (χ4n) is 5.45. The van der Waals surface area contributed by atoms with E-state index in [1.54, 1.807) is 12.0 Å². The maximum absolute atomic E-state index is 11.2. The normalized spacial score (nSPS) is 20.2. The highest BCUT2D eigenvalue weighted by atomic mass is 16.5. The van der Waals surface area contributed by atoms with Crippen LogP contribution in [0.3, 0.4) is 0 Å². The minimum absolute atomic E-state index is 0.109. The molecule has 0 saturated carbocycles. The lowest BCUT2D eigenvalue weighted by Gasteiger charge is -2.29. The van der Waals surface area contributed by atoms with Gasteiger partial charge < -0.3 is 25.0 Å². The van der Waals surface area contributed by atoms with Crippen LogP contribution in [0.1, 0.15) is 30.9 Å². The Balaban J connectivity index is 1.47. The summed E-state index contributed by atoms with van der Waals surface area (Å²) in [4.78, 5) is 14.6. The monoisotopic (exact) mass is 494 g/mol. The van der Waals surface area contributed by atoms with E-state index in [1.165, 1.54) is 19.6 Å². The number of quaternary nitrogens is 1. The van der Waals surface area contributed by atoms with E-state index >= 15 is 0 Å². The molecule has 1 aromatic heterocycles. The van der Waals surface area contributed by atoms with Gasteiger partial charge in [0.15, 0.2) is 11.7 Å². The summed E-state index contributed by atoms with van der Waals surface area (Å²) < 4.78 is 5.39. The standard InChI is InChI=1S/C30H31N5O2/c1-3-35-15-13-20(14-16-35)31-21-9-11-24-23(17-21)28(30(36)34-24)27(19-7-5-4-6-8-19)29-32-25-12-10-22(37-2)18-26(25)33-29/h4-12,17-18,20,31,34,36H,3,13-16H2,1-2H3/p+1/b29-27+. The number of aromatic nitrogens is 1. The molecule has 3 heterocycles. The van der Waals surface area contributed by atoms with E-state index in [-0.39, 0.29) is 5.88 Å². The van der Waals surface area contributed by atoms with Crippen molar-refractivity contribution < 1.29 is 14.7 Å². The number of nitrogens with zero attached hydrogens (tertiary/aromatic N) is 2. The van der Waals surface area contributed by atoms with Crippen molar-refractivity contribution in [2.24, 2.45) is 9.98 Å². The summed E-state index contributed by atoms with van der Waals surface area (Å²) in [7, 11) is 1.64. The van der Waals surface area contributed by atoms with E-state index in [0.29, 0.717) is 17.4 Å². The lowest BCUT2D eigenvalue weighted by Crippen LogP contribution is -3.13. The maximum Gasteiger partial charge on any atom is 0.197 e. The number of benzene rings is 3. The number of aromatic hydroxyl groups is 1. The zero-order chi connectivity index (χ0) is 25.4. The van der Waals surface area contributed by atoms with Crippen LogP contribution in [0.4, 0.5) is 5.69 Å². The average Bonchev–Trinajstić information content (AvgIpc) is 3.50. The van der Waals surface area contributed by atoms with Crippen molar-refractivity contribution in [2.75, 3.05) is 32.1 Å². The molecule has 0 atom stereocenters. The summed E-state index contributed by atoms with van der Waals surface area (Å²) in [6.07, 6.45) is 2.32. The van der Waals surface area contributed by atoms with E-state index < -0.39 is 0 Å². The maximum atomic E-state index is 11.2. The molecule has 2 aliphatic heterocycles. The largest absolute Gasteiger partial charge is 0.497 e. The fraction of sp³-hybridized carbons (Fsp3) is 0.267. The van der Waals surface area contributed by atoms with Crippen LogP contribution in [-0.2, 0) is 0 Å². The van der Waals surface area contributed by atoms with Crippen LogP contribution in [0.25, 0.3) is 16.5 Å². The second-order valence-corrected chi connectivity index (χ2v) is 9.77. The van der Waals surface area contributed by atoms with Gasteiger partial charge in [-0.25, -0.2) is 9.98 Å². The van der Waals surface area contributed by atoms with E-state index in [9.17, 15) is 5.11 Å². The number of likely N-dealkylation sites (tertiary alicyclic amines) is 1. The molecule has 6 rings (SSSR count). The van der Waals surface area contributed by atoms with Crippen molar-refractivity contribution in [2.45, 2.75) is 25.8 Å². The zero-order valence-electron chi connectivity index (χ0n) is 21.2. The lowest BCUT2D eigenvalue weighted by atomic mass is 9.96. The Bertz CT molecular complexity index is 1600. The molecule has 7 heteroatoms. The Morgan fingerprint density at radius 3 is 2.57 bits per heavy atom. The minimum atomic E-state index is 0.109. The van der Waals surface area contributed by atoms with Crippen LogP contribution in [-0.4, -0.2) is 42.9 Å². The van der Waals surface area contributed by atoms with Crippen LogP contribution in [0.5, 0.6) is 11.6 Å². The molecule has 2 aliphatic rings. The molecule has 0 aliphatic carbocycles. The molecule has 1 saturated heterocycles. The highest BCUT2D eigenvalue weighted by Gasteiger charge is 2.24. The van der Waals surface area contributed by atoms with Gasteiger partial charge in [-0.1, -0.05) is 30.3 Å². The highest BCUT2D eigenvalue weighted by molar-refractivity contribution is 6.01. The second-order valence-electron chi connectivity index (χ2n) is 9.77. The summed E-state index contributed by atoms with van der Waals surface area (Å²) >= 11 is 0. The second kappa shape index (κ2) is 9.75. The number of anilines is 1. The van der Waals surface area contributed by atoms with Crippen molar-refractivity contribution in [1.29, 1.82) is 0 Å². The molecular weight excluding hydrogens is 462 g/mol. The van der Waals surface area contributed by atoms with Crippen LogP contribution in [0, 0.1) is 0 Å². The predicted octanol–water partition coefficient (Wildman–Crippen LogP) is 3.03. The van der Waals surface area contributed by atoms with E-state index in [1.807, 2.05) is 54.6 Å². The first kappa shape index (κ1) is 23.3. The van der Waals surface area contributed by atoms with E-state index in [2.05, 4.69) is 29.4 Å². The van der Waals surface area contributed by atoms with E-state index in [4.69, 9.17) is 14.7 Å². The van der Waals surface area contributed by atoms with Gasteiger partial charge in [-0.05, 0) is 42.8 Å². The third-order valence-corrected chi connectivity index (χ3v) is 7.51. The summed E-state index contributed by atoms with van der Waals surface area (Å²) in [6.45, 7) is 5.85. The first-order valence-electron chi connectivity index (χ1n) is 13.0. The van der Waals surface area contributed by atoms with Gasteiger partial charge >= 0.3 is 0 Å². The summed E-state index contributed by atoms with van der Waals surface area (Å²) in [5.74, 6) is 1.41. The Morgan fingerprint density at radius 2 is 1.81 bits per heavy atom. The SMILES string of the molecule is CC[NH+]1CCC(Nc2ccc3[nH]c(O)c(/C(=C4\N=c5ccc(OC)cc5=N4)c4ccccc4)c3c2)CC1. The number of piperidine rings is 1. The highest BCUT2D eigenvalue weighted by Crippen LogP contribution is 2.40. The first-order valence-corrected chi connectivity index (χ1v) is 13.0. The van der Waals surface area contributed by atoms with Crippen LogP contribution in [0.2, 0.25) is 0 Å². The number of hydrogen-bond acceptors (Lipinski definition) is 5. The zero-order valence-corrected chi connectivity index (χ0v) is 21.2. The number of methoxy groups -OCH3 is 1. The first-order chi connectivity index (χ1) is 18.1. The lowest BCUT2D eigenvalue weighted by molar-refractivity contribution is -0.903. The summed E-state index contributed by atoms with van der Waals surface area (Å²) in [6, 6.07) is 22.4. The molecule has 0 amide bonds. The number of H-pyrrole nitrogens is 1. The molecular formula is C30H32N5O2+. The van der Waals surface area contributed by atoms with Gasteiger partial charge in [-0.3, -0.25) is 0 Å². The Morgan fingerprint density at radius 1 is 1.03 bits per heavy atom. The van der Waals surface area contributed by atoms with Gasteiger partial charge in [0.05, 0.1) is 43.0 Å². The van der Waals surface area contributed by atoms with Crippen molar-refractivity contribution in [3.8, 4) is 11.6 Å². The van der Waals surface area contributed by atoms with Crippen LogP contribution < -0.4 is 25.7 Å². The van der Waals surface area contributed by atoms with Crippen molar-refractivity contribution in [1.82, 2.24) is 4.98 Å². The summed E-state index contributed by atoms with van der Waals surface area (Å²) in [5.41, 5.74) is 4.36. The number of hydrogen-bond donors (Lipinski definition) is 4. The van der Waals surface area contributed by atoms with Gasteiger partial charge in [0.1, 0.15) is 5.75 Å². The number of nitrogens with one attached hydrogen (secondary N) is 3. The summed E-state index contributed by atoms with van der Waals surface area (Å²) in [5, 5.41) is 17.4. The predicted molar refractivity (Wildman–Crippen MR) is 146 cm³/mol. The molecule has 188 valence electrons. The topological polar surface area (TPSA) is 86.4 Å². The van der Waals surface area contributed by atoms with Crippen molar-refractivity contribution in [3.63, 3.8) is 0 Å². The van der Waals surface area contributed by atoms with Crippen LogP contribution >= 0.6 is 0 Å². The molecule has 0 radical (unpaired) electrons. The molecule has 4 N–H and O–H groups in total. The van der Waals surface area contributed by atoms with Gasteiger partial charge in [0, 0.05) is 47.1 Å². The Hall–Kier alpha value is -4.10. The third kappa shape index (κ3) is 4.47. The quantitative estimate of drug-likeness (QED) is 0.332. The Labute approximate surface area is 215 Å². The van der Waals surface area contributed by atoms with Crippen molar-refractivity contribution >= 4 is 22.2 Å². The average molecular weight is 495 g/mol. The van der Waals surface area contributed by atoms with Crippen LogP contribution in [0.15, 0.2) is 82.5 Å². The Kier molecular flexibility index (Phi) is 6.14. The van der Waals surface area contributed by atoms with Gasteiger partial charge in [0.25, 0.3) is 0 Å². The molecule has 1 fully saturated rings. The van der Waals surface area contributed by atoms with Crippen molar-refractivity contribution in [3.05, 3.63) is 94.4 Å². The molecule has 37 heavy (non-hydrogen) atoms. The van der Waals surface area contributed by atoms with Gasteiger partial charge in [-0.15, -0.1) is 0 Å². The number of fused-ring (bicyclic) bond motifs is 2. The molecule has 7 nitrogen and oxygen atoms in total. The molecule has 0 unspecified atom stereocenters. The minimum Gasteiger partial charge on any atom is -0.497 e.